The third-order valence-electron chi connectivity index (χ3n) is 4.75. The maximum atomic E-state index is 6.14. The second-order valence-corrected chi connectivity index (χ2v) is 6.34. The molecule has 1 aromatic carbocycles. The van der Waals surface area contributed by atoms with E-state index in [2.05, 4.69) is 41.4 Å². The molecular formula is C18H25N3. The van der Waals surface area contributed by atoms with Crippen molar-refractivity contribution in [2.24, 2.45) is 5.92 Å². The summed E-state index contributed by atoms with van der Waals surface area (Å²) in [6, 6.07) is 8.43. The number of nitrogens with one attached hydrogen (secondary N) is 1. The lowest BCUT2D eigenvalue weighted by Crippen LogP contribution is -2.05. The molecule has 3 N–H and O–H groups in total. The molecule has 1 aliphatic rings. The van der Waals surface area contributed by atoms with Crippen LogP contribution in [0.2, 0.25) is 0 Å². The number of rotatable bonds is 3. The van der Waals surface area contributed by atoms with Gasteiger partial charge in [-0.05, 0) is 30.4 Å². The highest BCUT2D eigenvalue weighted by atomic mass is 15.2. The lowest BCUT2D eigenvalue weighted by atomic mass is 9.91. The fraction of sp³-hybridized carbons (Fsp3) is 0.500. The summed E-state index contributed by atoms with van der Waals surface area (Å²) in [5.41, 5.74) is 10.9. The van der Waals surface area contributed by atoms with Gasteiger partial charge in [-0.25, -0.2) is 0 Å². The molecule has 0 saturated heterocycles. The first kappa shape index (κ1) is 14.2. The molecule has 0 amide bonds. The van der Waals surface area contributed by atoms with Gasteiger partial charge in [0.2, 0.25) is 0 Å². The number of aryl methyl sites for hydroxylation is 1. The smallest absolute Gasteiger partial charge is 0.153 e. The number of nitrogen functional groups attached to an aromatic ring is 1. The zero-order valence-corrected chi connectivity index (χ0v) is 12.9. The minimum atomic E-state index is 0.632. The van der Waals surface area contributed by atoms with Crippen LogP contribution in [-0.4, -0.2) is 10.2 Å². The maximum Gasteiger partial charge on any atom is 0.153 e. The van der Waals surface area contributed by atoms with Crippen LogP contribution in [0.3, 0.4) is 0 Å². The van der Waals surface area contributed by atoms with Crippen molar-refractivity contribution in [1.82, 2.24) is 10.2 Å². The summed E-state index contributed by atoms with van der Waals surface area (Å²) in [5.74, 6) is 1.41. The zero-order valence-electron chi connectivity index (χ0n) is 12.9. The van der Waals surface area contributed by atoms with Gasteiger partial charge in [-0.3, -0.25) is 5.10 Å². The molecule has 3 nitrogen and oxygen atoms in total. The van der Waals surface area contributed by atoms with Crippen molar-refractivity contribution in [3.05, 3.63) is 35.5 Å². The zero-order chi connectivity index (χ0) is 14.7. The van der Waals surface area contributed by atoms with Crippen molar-refractivity contribution in [1.29, 1.82) is 0 Å². The molecule has 0 bridgehead atoms. The number of aromatic amines is 1. The van der Waals surface area contributed by atoms with E-state index in [0.29, 0.717) is 5.82 Å². The molecule has 3 heteroatoms. The molecule has 1 saturated carbocycles. The van der Waals surface area contributed by atoms with Crippen LogP contribution in [-0.2, 0) is 6.42 Å². The summed E-state index contributed by atoms with van der Waals surface area (Å²) in [5, 5.41) is 7.47. The third kappa shape index (κ3) is 3.12. The fourth-order valence-corrected chi connectivity index (χ4v) is 3.55. The van der Waals surface area contributed by atoms with Gasteiger partial charge in [0.1, 0.15) is 0 Å². The SMILES string of the molecule is Cc1ccccc1-c1c(N)n[nH]c1CC1CCCCCC1. The van der Waals surface area contributed by atoms with E-state index in [4.69, 9.17) is 5.73 Å². The highest BCUT2D eigenvalue weighted by Crippen LogP contribution is 2.34. The summed E-state index contributed by atoms with van der Waals surface area (Å²) < 4.78 is 0. The highest BCUT2D eigenvalue weighted by Gasteiger charge is 2.19. The third-order valence-corrected chi connectivity index (χ3v) is 4.75. The predicted molar refractivity (Wildman–Crippen MR) is 88.1 cm³/mol. The number of H-pyrrole nitrogens is 1. The van der Waals surface area contributed by atoms with Crippen LogP contribution in [0, 0.1) is 12.8 Å². The fourth-order valence-electron chi connectivity index (χ4n) is 3.55. The van der Waals surface area contributed by atoms with Crippen molar-refractivity contribution in [2.45, 2.75) is 51.9 Å². The molecule has 112 valence electrons. The van der Waals surface area contributed by atoms with E-state index in [-0.39, 0.29) is 0 Å². The molecule has 3 rings (SSSR count). The molecule has 1 aliphatic carbocycles. The molecule has 0 unspecified atom stereocenters. The molecule has 1 fully saturated rings. The van der Waals surface area contributed by atoms with Crippen LogP contribution in [0.15, 0.2) is 24.3 Å². The number of benzene rings is 1. The first-order valence-electron chi connectivity index (χ1n) is 8.14. The van der Waals surface area contributed by atoms with Crippen LogP contribution < -0.4 is 5.73 Å². The average molecular weight is 283 g/mol. The van der Waals surface area contributed by atoms with Crippen LogP contribution in [0.1, 0.15) is 49.8 Å². The lowest BCUT2D eigenvalue weighted by molar-refractivity contribution is 0.453. The van der Waals surface area contributed by atoms with Crippen LogP contribution in [0.4, 0.5) is 5.82 Å². The van der Waals surface area contributed by atoms with E-state index in [9.17, 15) is 0 Å². The quantitative estimate of drug-likeness (QED) is 0.816. The second-order valence-electron chi connectivity index (χ2n) is 6.34. The summed E-state index contributed by atoms with van der Waals surface area (Å²) in [4.78, 5) is 0. The minimum Gasteiger partial charge on any atom is -0.382 e. The number of nitrogens with two attached hydrogens (primary N) is 1. The number of aromatic nitrogens is 2. The summed E-state index contributed by atoms with van der Waals surface area (Å²) in [7, 11) is 0. The normalized spacial score (nSPS) is 16.8. The molecule has 0 spiro atoms. The Morgan fingerprint density at radius 1 is 1.14 bits per heavy atom. The first-order chi connectivity index (χ1) is 10.3. The Balaban J connectivity index is 1.88. The minimum absolute atomic E-state index is 0.632. The van der Waals surface area contributed by atoms with E-state index in [0.717, 1.165) is 17.9 Å². The predicted octanol–water partition coefficient (Wildman–Crippen LogP) is 4.48. The van der Waals surface area contributed by atoms with Crippen LogP contribution >= 0.6 is 0 Å². The molecule has 0 radical (unpaired) electrons. The van der Waals surface area contributed by atoms with Gasteiger partial charge in [0.05, 0.1) is 0 Å². The topological polar surface area (TPSA) is 54.7 Å². The van der Waals surface area contributed by atoms with Gasteiger partial charge in [0.25, 0.3) is 0 Å². The molecular weight excluding hydrogens is 258 g/mol. The molecule has 0 atom stereocenters. The summed E-state index contributed by atoms with van der Waals surface area (Å²) in [6.45, 7) is 2.14. The van der Waals surface area contributed by atoms with Crippen molar-refractivity contribution in [3.8, 4) is 11.1 Å². The highest BCUT2D eigenvalue weighted by molar-refractivity contribution is 5.78. The van der Waals surface area contributed by atoms with E-state index in [1.807, 2.05) is 0 Å². The molecule has 0 aliphatic heterocycles. The average Bonchev–Trinajstić information content (AvgIpc) is 2.69. The summed E-state index contributed by atoms with van der Waals surface area (Å²) >= 11 is 0. The standard InChI is InChI=1S/C18H25N3/c1-13-8-6-7-11-15(13)17-16(20-21-18(17)19)12-14-9-4-2-3-5-10-14/h6-8,11,14H,2-5,9-10,12H2,1H3,(H3,19,20,21). The maximum absolute atomic E-state index is 6.14. The van der Waals surface area contributed by atoms with Crippen LogP contribution in [0.5, 0.6) is 0 Å². The Labute approximate surface area is 127 Å². The number of nitrogens with zero attached hydrogens (tertiary/aromatic N) is 1. The molecule has 1 heterocycles. The molecule has 21 heavy (non-hydrogen) atoms. The number of anilines is 1. The Morgan fingerprint density at radius 3 is 2.57 bits per heavy atom. The number of hydrogen-bond acceptors (Lipinski definition) is 2. The Kier molecular flexibility index (Phi) is 4.28. The van der Waals surface area contributed by atoms with Crippen molar-refractivity contribution in [2.75, 3.05) is 5.73 Å². The van der Waals surface area contributed by atoms with Gasteiger partial charge < -0.3 is 5.73 Å². The van der Waals surface area contributed by atoms with Gasteiger partial charge in [-0.2, -0.15) is 5.10 Å². The van der Waals surface area contributed by atoms with E-state index in [1.54, 1.807) is 0 Å². The second kappa shape index (κ2) is 6.33. The van der Waals surface area contributed by atoms with E-state index in [1.165, 1.54) is 55.3 Å². The van der Waals surface area contributed by atoms with Gasteiger partial charge >= 0.3 is 0 Å². The van der Waals surface area contributed by atoms with Gasteiger partial charge in [-0.1, -0.05) is 62.8 Å². The van der Waals surface area contributed by atoms with Crippen LogP contribution in [0.25, 0.3) is 11.1 Å². The van der Waals surface area contributed by atoms with Crippen molar-refractivity contribution >= 4 is 5.82 Å². The van der Waals surface area contributed by atoms with E-state index < -0.39 is 0 Å². The van der Waals surface area contributed by atoms with Crippen molar-refractivity contribution in [3.63, 3.8) is 0 Å². The number of hydrogen-bond donors (Lipinski definition) is 2. The monoisotopic (exact) mass is 283 g/mol. The van der Waals surface area contributed by atoms with Crippen molar-refractivity contribution < 1.29 is 0 Å². The largest absolute Gasteiger partial charge is 0.382 e. The van der Waals surface area contributed by atoms with Gasteiger partial charge in [0, 0.05) is 11.3 Å². The summed E-state index contributed by atoms with van der Waals surface area (Å²) in [6.07, 6.45) is 9.28. The van der Waals surface area contributed by atoms with Gasteiger partial charge in [-0.15, -0.1) is 0 Å². The molecule has 1 aromatic heterocycles. The first-order valence-corrected chi connectivity index (χ1v) is 8.14. The van der Waals surface area contributed by atoms with Gasteiger partial charge in [0.15, 0.2) is 5.82 Å². The lowest BCUT2D eigenvalue weighted by Gasteiger charge is -2.14. The Hall–Kier alpha value is -1.77. The Bertz CT molecular complexity index is 592. The molecule has 2 aromatic rings. The Morgan fingerprint density at radius 2 is 1.86 bits per heavy atom. The van der Waals surface area contributed by atoms with E-state index >= 15 is 0 Å².